The molecule has 3 N–H and O–H groups in total. The number of aromatic nitrogens is 3. The molecule has 0 aromatic carbocycles. The summed E-state index contributed by atoms with van der Waals surface area (Å²) < 4.78 is 1.34. The molecule has 0 spiro atoms. The molecule has 33 heavy (non-hydrogen) atoms. The Kier molecular flexibility index (Phi) is 7.91. The zero-order valence-corrected chi connectivity index (χ0v) is 20.0. The Morgan fingerprint density at radius 2 is 1.82 bits per heavy atom. The van der Waals surface area contributed by atoms with E-state index in [2.05, 4.69) is 19.8 Å². The fourth-order valence-electron chi connectivity index (χ4n) is 4.02. The lowest BCUT2D eigenvalue weighted by Crippen LogP contribution is -2.52. The molecule has 1 aliphatic rings. The maximum Gasteiger partial charge on any atom is 0.330 e. The van der Waals surface area contributed by atoms with Gasteiger partial charge in [-0.2, -0.15) is 0 Å². The van der Waals surface area contributed by atoms with Crippen LogP contribution in [0.4, 0.5) is 17.3 Å². The molecule has 0 aliphatic carbocycles. The first kappa shape index (κ1) is 24.5. The molecule has 1 fully saturated rings. The number of H-pyrrole nitrogens is 1. The van der Waals surface area contributed by atoms with Crippen molar-refractivity contribution in [2.45, 2.75) is 34.2 Å². The minimum absolute atomic E-state index is 0.0337. The highest BCUT2D eigenvalue weighted by atomic mass is 16.2. The van der Waals surface area contributed by atoms with Crippen LogP contribution < -0.4 is 26.8 Å². The second-order valence-corrected chi connectivity index (χ2v) is 9.35. The highest BCUT2D eigenvalue weighted by Gasteiger charge is 2.28. The zero-order chi connectivity index (χ0) is 24.1. The normalized spacial score (nSPS) is 14.8. The SMILES string of the molecule is CC(C)CN(C(=O)CN1CCN(c2ccccn2)CC1)c1c(N)n(CC(C)C)c(=O)[nH]c1=O. The first-order chi connectivity index (χ1) is 15.7. The molecule has 1 saturated heterocycles. The number of anilines is 3. The fraction of sp³-hybridized carbons (Fsp3) is 0.565. The number of nitrogens with zero attached hydrogens (tertiary/aromatic N) is 5. The Hall–Kier alpha value is -3.14. The van der Waals surface area contributed by atoms with Crippen molar-refractivity contribution in [2.75, 3.05) is 54.8 Å². The summed E-state index contributed by atoms with van der Waals surface area (Å²) in [5.74, 6) is 1.01. The Bertz CT molecular complexity index is 1050. The quantitative estimate of drug-likeness (QED) is 0.606. The van der Waals surface area contributed by atoms with Gasteiger partial charge >= 0.3 is 5.69 Å². The number of nitrogens with two attached hydrogens (primary N) is 1. The number of nitrogen functional groups attached to an aromatic ring is 1. The average Bonchev–Trinajstić information content (AvgIpc) is 2.76. The van der Waals surface area contributed by atoms with Gasteiger partial charge in [-0.25, -0.2) is 9.78 Å². The molecule has 0 atom stereocenters. The van der Waals surface area contributed by atoms with Crippen LogP contribution in [-0.4, -0.2) is 64.6 Å². The number of hydrogen-bond acceptors (Lipinski definition) is 7. The van der Waals surface area contributed by atoms with Crippen molar-refractivity contribution in [2.24, 2.45) is 11.8 Å². The van der Waals surface area contributed by atoms with Crippen molar-refractivity contribution in [1.29, 1.82) is 0 Å². The number of amides is 1. The smallest absolute Gasteiger partial charge is 0.330 e. The molecule has 3 rings (SSSR count). The number of aromatic amines is 1. The molecule has 0 saturated carbocycles. The molecule has 1 amide bonds. The van der Waals surface area contributed by atoms with Crippen molar-refractivity contribution < 1.29 is 4.79 Å². The summed E-state index contributed by atoms with van der Waals surface area (Å²) in [5.41, 5.74) is 5.15. The maximum atomic E-state index is 13.4. The molecular formula is C23H35N7O3. The van der Waals surface area contributed by atoms with Crippen LogP contribution in [0.2, 0.25) is 0 Å². The van der Waals surface area contributed by atoms with Crippen molar-refractivity contribution in [1.82, 2.24) is 19.4 Å². The predicted molar refractivity (Wildman–Crippen MR) is 131 cm³/mol. The van der Waals surface area contributed by atoms with E-state index in [0.29, 0.717) is 26.2 Å². The maximum absolute atomic E-state index is 13.4. The third-order valence-corrected chi connectivity index (χ3v) is 5.58. The van der Waals surface area contributed by atoms with E-state index in [1.165, 1.54) is 9.47 Å². The largest absolute Gasteiger partial charge is 0.383 e. The molecule has 0 unspecified atom stereocenters. The highest BCUT2D eigenvalue weighted by molar-refractivity contribution is 5.96. The second-order valence-electron chi connectivity index (χ2n) is 9.35. The molecule has 0 radical (unpaired) electrons. The minimum Gasteiger partial charge on any atom is -0.383 e. The van der Waals surface area contributed by atoms with Crippen molar-refractivity contribution in [3.8, 4) is 0 Å². The number of hydrogen-bond donors (Lipinski definition) is 2. The van der Waals surface area contributed by atoms with E-state index in [0.717, 1.165) is 18.9 Å². The number of pyridine rings is 1. The van der Waals surface area contributed by atoms with Crippen LogP contribution in [0.3, 0.4) is 0 Å². The Morgan fingerprint density at radius 3 is 2.39 bits per heavy atom. The van der Waals surface area contributed by atoms with Crippen LogP contribution in [0, 0.1) is 11.8 Å². The molecule has 1 aliphatic heterocycles. The average molecular weight is 458 g/mol. The summed E-state index contributed by atoms with van der Waals surface area (Å²) in [6, 6.07) is 5.83. The molecule has 10 nitrogen and oxygen atoms in total. The van der Waals surface area contributed by atoms with Gasteiger partial charge in [-0.15, -0.1) is 0 Å². The van der Waals surface area contributed by atoms with E-state index < -0.39 is 11.2 Å². The van der Waals surface area contributed by atoms with Crippen molar-refractivity contribution in [3.63, 3.8) is 0 Å². The summed E-state index contributed by atoms with van der Waals surface area (Å²) >= 11 is 0. The van der Waals surface area contributed by atoms with Gasteiger partial charge in [0, 0.05) is 45.5 Å². The first-order valence-corrected chi connectivity index (χ1v) is 11.5. The van der Waals surface area contributed by atoms with E-state index in [4.69, 9.17) is 5.73 Å². The topological polar surface area (TPSA) is 121 Å². The zero-order valence-electron chi connectivity index (χ0n) is 20.0. The molecular weight excluding hydrogens is 422 g/mol. The number of rotatable bonds is 8. The first-order valence-electron chi connectivity index (χ1n) is 11.5. The fourth-order valence-corrected chi connectivity index (χ4v) is 4.02. The molecule has 2 aromatic heterocycles. The summed E-state index contributed by atoms with van der Waals surface area (Å²) in [4.78, 5) is 50.9. The molecule has 3 heterocycles. The highest BCUT2D eigenvalue weighted by Crippen LogP contribution is 2.20. The minimum atomic E-state index is -0.633. The van der Waals surface area contributed by atoms with Gasteiger partial charge in [-0.1, -0.05) is 33.8 Å². The molecule has 10 heteroatoms. The molecule has 2 aromatic rings. The monoisotopic (exact) mass is 457 g/mol. The van der Waals surface area contributed by atoms with Gasteiger partial charge in [0.25, 0.3) is 5.56 Å². The predicted octanol–water partition coefficient (Wildman–Crippen LogP) is 0.981. The van der Waals surface area contributed by atoms with E-state index in [1.807, 2.05) is 45.9 Å². The lowest BCUT2D eigenvalue weighted by atomic mass is 10.2. The lowest BCUT2D eigenvalue weighted by molar-refractivity contribution is -0.120. The van der Waals surface area contributed by atoms with Gasteiger partial charge in [0.15, 0.2) is 5.69 Å². The summed E-state index contributed by atoms with van der Waals surface area (Å²) in [5, 5.41) is 0. The van der Waals surface area contributed by atoms with E-state index in [1.54, 1.807) is 6.20 Å². The Labute approximate surface area is 194 Å². The summed E-state index contributed by atoms with van der Waals surface area (Å²) in [6.45, 7) is 11.6. The van der Waals surface area contributed by atoms with Gasteiger partial charge in [-0.05, 0) is 24.0 Å². The van der Waals surface area contributed by atoms with Crippen LogP contribution >= 0.6 is 0 Å². The molecule has 180 valence electrons. The number of carbonyl (C=O) groups is 1. The van der Waals surface area contributed by atoms with Gasteiger partial charge in [0.2, 0.25) is 5.91 Å². The van der Waals surface area contributed by atoms with Gasteiger partial charge in [0.1, 0.15) is 11.6 Å². The van der Waals surface area contributed by atoms with Crippen LogP contribution in [0.25, 0.3) is 0 Å². The number of piperazine rings is 1. The Balaban J connectivity index is 1.79. The van der Waals surface area contributed by atoms with Gasteiger partial charge in [-0.3, -0.25) is 24.0 Å². The van der Waals surface area contributed by atoms with Crippen molar-refractivity contribution in [3.05, 3.63) is 45.2 Å². The van der Waals surface area contributed by atoms with E-state index in [-0.39, 0.29) is 35.8 Å². The second kappa shape index (κ2) is 10.7. The van der Waals surface area contributed by atoms with Crippen LogP contribution in [0.15, 0.2) is 34.0 Å². The van der Waals surface area contributed by atoms with E-state index >= 15 is 0 Å². The third kappa shape index (κ3) is 6.01. The Morgan fingerprint density at radius 1 is 1.12 bits per heavy atom. The van der Waals surface area contributed by atoms with Crippen molar-refractivity contribution >= 4 is 23.2 Å². The van der Waals surface area contributed by atoms with Gasteiger partial charge in [0.05, 0.1) is 6.54 Å². The number of carbonyl (C=O) groups excluding carboxylic acids is 1. The van der Waals surface area contributed by atoms with Gasteiger partial charge < -0.3 is 15.5 Å². The van der Waals surface area contributed by atoms with Crippen LogP contribution in [0.1, 0.15) is 27.7 Å². The summed E-state index contributed by atoms with van der Waals surface area (Å²) in [6.07, 6.45) is 1.77. The standard InChI is InChI=1S/C23H35N7O3/c1-16(2)13-29(20-21(24)30(14-17(3)4)23(33)26-22(20)32)19(31)15-27-9-11-28(12-10-27)18-7-5-6-8-25-18/h5-8,16-17H,9-15,24H2,1-4H3,(H,26,32,33). The third-order valence-electron chi connectivity index (χ3n) is 5.58. The van der Waals surface area contributed by atoms with E-state index in [9.17, 15) is 14.4 Å². The molecule has 0 bridgehead atoms. The summed E-state index contributed by atoms with van der Waals surface area (Å²) in [7, 11) is 0. The van der Waals surface area contributed by atoms with Crippen LogP contribution in [-0.2, 0) is 11.3 Å². The lowest BCUT2D eigenvalue weighted by Gasteiger charge is -2.36. The van der Waals surface area contributed by atoms with Crippen LogP contribution in [0.5, 0.6) is 0 Å². The number of nitrogens with one attached hydrogen (secondary N) is 1.